The Labute approximate surface area is 164 Å². The lowest BCUT2D eigenvalue weighted by molar-refractivity contribution is -0.130. The number of hydrogen-bond donors (Lipinski definition) is 1. The molecule has 1 aliphatic heterocycles. The molecule has 0 aliphatic carbocycles. The lowest BCUT2D eigenvalue weighted by Gasteiger charge is -2.17. The molecular weight excluding hydrogens is 352 g/mol. The van der Waals surface area contributed by atoms with Gasteiger partial charge < -0.3 is 14.6 Å². The molecule has 0 radical (unpaired) electrons. The number of amides is 1. The van der Waals surface area contributed by atoms with Crippen LogP contribution >= 0.6 is 0 Å². The second-order valence-corrected chi connectivity index (χ2v) is 7.46. The molecule has 1 fully saturated rings. The fourth-order valence-electron chi connectivity index (χ4n) is 4.09. The van der Waals surface area contributed by atoms with Gasteiger partial charge in [0.15, 0.2) is 0 Å². The minimum atomic E-state index is -0.475. The summed E-state index contributed by atoms with van der Waals surface area (Å²) in [6, 6.07) is 12.0. The molecule has 6 heteroatoms. The van der Waals surface area contributed by atoms with Crippen molar-refractivity contribution in [2.45, 2.75) is 38.8 Å². The number of para-hydroxylation sites is 2. The molecule has 1 saturated heterocycles. The Morgan fingerprint density at radius 2 is 1.96 bits per heavy atom. The Hall–Kier alpha value is -2.73. The van der Waals surface area contributed by atoms with Crippen molar-refractivity contribution in [1.29, 1.82) is 0 Å². The van der Waals surface area contributed by atoms with Gasteiger partial charge in [-0.1, -0.05) is 19.1 Å². The lowest BCUT2D eigenvalue weighted by atomic mass is 9.97. The maximum absolute atomic E-state index is 12.8. The first-order valence-electron chi connectivity index (χ1n) is 9.94. The molecule has 2 atom stereocenters. The average molecular weight is 378 g/mol. The van der Waals surface area contributed by atoms with Crippen LogP contribution in [0.25, 0.3) is 11.0 Å². The number of imidazole rings is 1. The quantitative estimate of drug-likeness (QED) is 0.715. The van der Waals surface area contributed by atoms with Crippen molar-refractivity contribution in [3.8, 4) is 0 Å². The molecule has 3 heterocycles. The molecule has 6 nitrogen and oxygen atoms in total. The molecular formula is C22H26N4O2. The summed E-state index contributed by atoms with van der Waals surface area (Å²) in [5.41, 5.74) is 3.19. The van der Waals surface area contributed by atoms with E-state index in [-0.39, 0.29) is 11.8 Å². The first kappa shape index (κ1) is 18.6. The van der Waals surface area contributed by atoms with Crippen molar-refractivity contribution >= 4 is 16.9 Å². The summed E-state index contributed by atoms with van der Waals surface area (Å²) in [5.74, 6) is 1.17. The normalized spacial score (nSPS) is 19.4. The summed E-state index contributed by atoms with van der Waals surface area (Å²) < 4.78 is 2.15. The summed E-state index contributed by atoms with van der Waals surface area (Å²) in [4.78, 5) is 23.3. The number of benzene rings is 1. The van der Waals surface area contributed by atoms with E-state index in [9.17, 15) is 9.90 Å². The third kappa shape index (κ3) is 3.78. The highest BCUT2D eigenvalue weighted by Crippen LogP contribution is 2.23. The van der Waals surface area contributed by atoms with Crippen LogP contribution in [0.5, 0.6) is 0 Å². The van der Waals surface area contributed by atoms with Gasteiger partial charge in [0.25, 0.3) is 0 Å². The van der Waals surface area contributed by atoms with Crippen LogP contribution in [-0.4, -0.2) is 49.6 Å². The van der Waals surface area contributed by atoms with Gasteiger partial charge in [0, 0.05) is 50.8 Å². The van der Waals surface area contributed by atoms with Crippen molar-refractivity contribution < 1.29 is 9.90 Å². The van der Waals surface area contributed by atoms with E-state index in [1.54, 1.807) is 17.3 Å². The van der Waals surface area contributed by atoms with E-state index in [0.29, 0.717) is 26.1 Å². The van der Waals surface area contributed by atoms with Crippen LogP contribution in [0.2, 0.25) is 0 Å². The van der Waals surface area contributed by atoms with Gasteiger partial charge in [-0.15, -0.1) is 0 Å². The third-order valence-electron chi connectivity index (χ3n) is 5.61. The van der Waals surface area contributed by atoms with Gasteiger partial charge in [0.2, 0.25) is 5.91 Å². The van der Waals surface area contributed by atoms with E-state index in [2.05, 4.69) is 27.5 Å². The summed E-state index contributed by atoms with van der Waals surface area (Å²) in [5, 5.41) is 10.4. The molecule has 0 spiro atoms. The second kappa shape index (κ2) is 8.10. The average Bonchev–Trinajstić information content (AvgIpc) is 3.27. The fraction of sp³-hybridized carbons (Fsp3) is 0.409. The number of likely N-dealkylation sites (tertiary alicyclic amines) is 1. The molecule has 2 aromatic heterocycles. The van der Waals surface area contributed by atoms with Crippen LogP contribution < -0.4 is 0 Å². The second-order valence-electron chi connectivity index (χ2n) is 7.46. The Bertz CT molecular complexity index is 954. The van der Waals surface area contributed by atoms with Gasteiger partial charge >= 0.3 is 0 Å². The van der Waals surface area contributed by atoms with Crippen molar-refractivity contribution in [3.05, 3.63) is 60.2 Å². The number of nitrogens with zero attached hydrogens (tertiary/aromatic N) is 4. The van der Waals surface area contributed by atoms with E-state index in [0.717, 1.165) is 35.3 Å². The number of rotatable bonds is 6. The summed E-state index contributed by atoms with van der Waals surface area (Å²) in [7, 11) is 0. The molecule has 3 aromatic rings. The SMILES string of the molecule is CCc1nc2ccccc2n1CCC(=O)N1C[C@@H](Cc2ccncc2)[C@H](O)C1. The molecule has 0 saturated carbocycles. The van der Waals surface area contributed by atoms with E-state index >= 15 is 0 Å². The lowest BCUT2D eigenvalue weighted by Crippen LogP contribution is -2.30. The maximum atomic E-state index is 12.8. The number of aliphatic hydroxyl groups is 1. The first-order valence-corrected chi connectivity index (χ1v) is 9.94. The van der Waals surface area contributed by atoms with Gasteiger partial charge in [0.05, 0.1) is 17.1 Å². The number of aromatic nitrogens is 3. The predicted octanol–water partition coefficient (Wildman–Crippen LogP) is 2.45. The summed E-state index contributed by atoms with van der Waals surface area (Å²) in [6.07, 6.45) is 5.07. The Morgan fingerprint density at radius 1 is 1.18 bits per heavy atom. The van der Waals surface area contributed by atoms with Gasteiger partial charge in [-0.05, 0) is 36.2 Å². The van der Waals surface area contributed by atoms with Crippen LogP contribution in [0.4, 0.5) is 0 Å². The van der Waals surface area contributed by atoms with Crippen LogP contribution in [0.15, 0.2) is 48.8 Å². The number of carbonyl (C=O) groups is 1. The highest BCUT2D eigenvalue weighted by Gasteiger charge is 2.33. The van der Waals surface area contributed by atoms with E-state index in [1.807, 2.05) is 30.3 Å². The first-order chi connectivity index (χ1) is 13.7. The molecule has 0 unspecified atom stereocenters. The minimum absolute atomic E-state index is 0.0756. The monoisotopic (exact) mass is 378 g/mol. The minimum Gasteiger partial charge on any atom is -0.391 e. The van der Waals surface area contributed by atoms with Gasteiger partial charge in [-0.2, -0.15) is 0 Å². The fourth-order valence-corrected chi connectivity index (χ4v) is 4.09. The summed E-state index contributed by atoms with van der Waals surface area (Å²) in [6.45, 7) is 3.72. The van der Waals surface area contributed by atoms with Gasteiger partial charge in [-0.25, -0.2) is 4.98 Å². The van der Waals surface area contributed by atoms with Gasteiger partial charge in [-0.3, -0.25) is 9.78 Å². The van der Waals surface area contributed by atoms with Crippen LogP contribution in [0, 0.1) is 5.92 Å². The molecule has 4 rings (SSSR count). The molecule has 1 aliphatic rings. The number of aryl methyl sites for hydroxylation is 2. The smallest absolute Gasteiger partial charge is 0.224 e. The zero-order valence-electron chi connectivity index (χ0n) is 16.2. The number of hydrogen-bond acceptors (Lipinski definition) is 4. The molecule has 28 heavy (non-hydrogen) atoms. The number of aliphatic hydroxyl groups excluding tert-OH is 1. The number of β-amino-alcohol motifs (C(OH)–C–C–N with tert-alkyl or cyclic N) is 1. The molecule has 1 aromatic carbocycles. The van der Waals surface area contributed by atoms with Crippen molar-refractivity contribution in [1.82, 2.24) is 19.4 Å². The highest BCUT2D eigenvalue weighted by molar-refractivity contribution is 5.78. The molecule has 1 amide bonds. The zero-order valence-corrected chi connectivity index (χ0v) is 16.2. The van der Waals surface area contributed by atoms with E-state index in [4.69, 9.17) is 0 Å². The zero-order chi connectivity index (χ0) is 19.5. The Kier molecular flexibility index (Phi) is 5.39. The highest BCUT2D eigenvalue weighted by atomic mass is 16.3. The van der Waals surface area contributed by atoms with E-state index in [1.165, 1.54) is 0 Å². The number of fused-ring (bicyclic) bond motifs is 1. The summed E-state index contributed by atoms with van der Waals surface area (Å²) >= 11 is 0. The van der Waals surface area contributed by atoms with Gasteiger partial charge in [0.1, 0.15) is 5.82 Å². The molecule has 0 bridgehead atoms. The van der Waals surface area contributed by atoms with Crippen LogP contribution in [0.1, 0.15) is 24.7 Å². The van der Waals surface area contributed by atoms with Crippen molar-refractivity contribution in [2.75, 3.05) is 13.1 Å². The Morgan fingerprint density at radius 3 is 2.75 bits per heavy atom. The molecule has 146 valence electrons. The van der Waals surface area contributed by atoms with Crippen LogP contribution in [0.3, 0.4) is 0 Å². The number of pyridine rings is 1. The Balaban J connectivity index is 1.40. The largest absolute Gasteiger partial charge is 0.391 e. The maximum Gasteiger partial charge on any atom is 0.224 e. The standard InChI is InChI=1S/C22H26N4O2/c1-2-21-24-18-5-3-4-6-19(18)26(21)12-9-22(28)25-14-17(20(27)15-25)13-16-7-10-23-11-8-16/h3-8,10-11,17,20,27H,2,9,12-15H2,1H3/t17-,20-/m1/s1. The van der Waals surface area contributed by atoms with Crippen molar-refractivity contribution in [2.24, 2.45) is 5.92 Å². The topological polar surface area (TPSA) is 71.2 Å². The molecule has 1 N–H and O–H groups in total. The third-order valence-corrected chi connectivity index (χ3v) is 5.61. The number of carbonyl (C=O) groups excluding carboxylic acids is 1. The predicted molar refractivity (Wildman–Crippen MR) is 108 cm³/mol. The van der Waals surface area contributed by atoms with Crippen molar-refractivity contribution in [3.63, 3.8) is 0 Å². The van der Waals surface area contributed by atoms with Crippen LogP contribution in [-0.2, 0) is 24.2 Å². The van der Waals surface area contributed by atoms with E-state index < -0.39 is 6.10 Å².